The third-order valence-corrected chi connectivity index (χ3v) is 5.39. The molecule has 4 aromatic rings. The zero-order valence-electron chi connectivity index (χ0n) is 19.2. The summed E-state index contributed by atoms with van der Waals surface area (Å²) < 4.78 is 5.29. The van der Waals surface area contributed by atoms with Crippen molar-refractivity contribution >= 4 is 23.0 Å². The molecule has 0 amide bonds. The van der Waals surface area contributed by atoms with Crippen LogP contribution in [0, 0.1) is 13.8 Å². The van der Waals surface area contributed by atoms with Crippen LogP contribution in [0.4, 0.5) is 17.1 Å². The maximum absolute atomic E-state index is 11.7. The first kappa shape index (κ1) is 22.1. The Bertz CT molecular complexity index is 1240. The fraction of sp³-hybridized carbons (Fsp3) is 0.100. The Kier molecular flexibility index (Phi) is 6.41. The molecule has 3 heteroatoms. The highest BCUT2D eigenvalue weighted by Crippen LogP contribution is 2.36. The number of hydrogen-bond acceptors (Lipinski definition) is 3. The van der Waals surface area contributed by atoms with Gasteiger partial charge in [0.1, 0.15) is 5.75 Å². The molecule has 0 bridgehead atoms. The van der Waals surface area contributed by atoms with Crippen LogP contribution in [0.3, 0.4) is 0 Å². The van der Waals surface area contributed by atoms with Crippen LogP contribution in [0.2, 0.25) is 0 Å². The molecule has 0 N–H and O–H groups in total. The van der Waals surface area contributed by atoms with Crippen molar-refractivity contribution in [3.8, 4) is 16.9 Å². The molecule has 0 saturated carbocycles. The van der Waals surface area contributed by atoms with Gasteiger partial charge in [-0.05, 0) is 91.6 Å². The molecular weight excluding hydrogens is 406 g/mol. The highest BCUT2D eigenvalue weighted by atomic mass is 16.5. The smallest absolute Gasteiger partial charge is 0.338 e. The molecule has 4 aromatic carbocycles. The summed E-state index contributed by atoms with van der Waals surface area (Å²) in [6.45, 7) is 9.47. The SMILES string of the molecule is C=C(C)C(=O)Oc1ccc(-c2ccc(N(c3cccc(C)c3)c3cccc(C)c3)cc2)cc1. The largest absolute Gasteiger partial charge is 0.423 e. The van der Waals surface area contributed by atoms with Gasteiger partial charge in [0.25, 0.3) is 0 Å². The third-order valence-electron chi connectivity index (χ3n) is 5.39. The molecule has 0 atom stereocenters. The maximum Gasteiger partial charge on any atom is 0.338 e. The quantitative estimate of drug-likeness (QED) is 0.176. The van der Waals surface area contributed by atoms with Crippen molar-refractivity contribution in [2.75, 3.05) is 4.90 Å². The van der Waals surface area contributed by atoms with Gasteiger partial charge in [-0.1, -0.05) is 55.1 Å². The van der Waals surface area contributed by atoms with E-state index in [1.165, 1.54) is 11.1 Å². The number of benzene rings is 4. The summed E-state index contributed by atoms with van der Waals surface area (Å²) in [5, 5.41) is 0. The van der Waals surface area contributed by atoms with Gasteiger partial charge in [-0.15, -0.1) is 0 Å². The maximum atomic E-state index is 11.7. The second-order valence-corrected chi connectivity index (χ2v) is 8.25. The molecule has 0 aliphatic carbocycles. The molecule has 0 aliphatic heterocycles. The standard InChI is InChI=1S/C30H27NO2/c1-21(2)30(32)33-29-17-13-25(14-18-29)24-11-15-26(16-12-24)31(27-9-5-7-22(3)19-27)28-10-6-8-23(4)20-28/h5-20H,1H2,2-4H3. The van der Waals surface area contributed by atoms with E-state index in [4.69, 9.17) is 4.74 Å². The first-order valence-corrected chi connectivity index (χ1v) is 10.9. The van der Waals surface area contributed by atoms with Gasteiger partial charge in [0.15, 0.2) is 0 Å². The van der Waals surface area contributed by atoms with E-state index in [-0.39, 0.29) is 0 Å². The van der Waals surface area contributed by atoms with E-state index < -0.39 is 5.97 Å². The van der Waals surface area contributed by atoms with Gasteiger partial charge in [-0.25, -0.2) is 4.79 Å². The summed E-state index contributed by atoms with van der Waals surface area (Å²) in [7, 11) is 0. The first-order chi connectivity index (χ1) is 15.9. The number of ether oxygens (including phenoxy) is 1. The minimum Gasteiger partial charge on any atom is -0.423 e. The number of aryl methyl sites for hydroxylation is 2. The Morgan fingerprint density at radius 2 is 1.18 bits per heavy atom. The van der Waals surface area contributed by atoms with Crippen molar-refractivity contribution in [1.29, 1.82) is 0 Å². The highest BCUT2D eigenvalue weighted by Gasteiger charge is 2.13. The minimum absolute atomic E-state index is 0.376. The van der Waals surface area contributed by atoms with Gasteiger partial charge in [-0.3, -0.25) is 0 Å². The Hall–Kier alpha value is -4.11. The van der Waals surface area contributed by atoms with Crippen LogP contribution in [0.1, 0.15) is 18.1 Å². The number of rotatable bonds is 6. The van der Waals surface area contributed by atoms with Crippen LogP contribution >= 0.6 is 0 Å². The lowest BCUT2D eigenvalue weighted by atomic mass is 10.0. The Morgan fingerprint density at radius 3 is 1.64 bits per heavy atom. The Labute approximate surface area is 195 Å². The summed E-state index contributed by atoms with van der Waals surface area (Å²) in [6.07, 6.45) is 0. The van der Waals surface area contributed by atoms with Gasteiger partial charge in [0, 0.05) is 22.6 Å². The van der Waals surface area contributed by atoms with Crippen LogP contribution in [0.15, 0.2) is 109 Å². The van der Waals surface area contributed by atoms with E-state index in [0.29, 0.717) is 11.3 Å². The predicted molar refractivity (Wildman–Crippen MR) is 136 cm³/mol. The van der Waals surface area contributed by atoms with Crippen LogP contribution in [-0.4, -0.2) is 5.97 Å². The van der Waals surface area contributed by atoms with E-state index in [0.717, 1.165) is 28.2 Å². The normalized spacial score (nSPS) is 10.5. The summed E-state index contributed by atoms with van der Waals surface area (Å²) in [6, 6.07) is 33.1. The Morgan fingerprint density at radius 1 is 0.697 bits per heavy atom. The lowest BCUT2D eigenvalue weighted by molar-refractivity contribution is -0.130. The van der Waals surface area contributed by atoms with E-state index in [1.807, 2.05) is 12.1 Å². The van der Waals surface area contributed by atoms with E-state index in [1.54, 1.807) is 19.1 Å². The van der Waals surface area contributed by atoms with Gasteiger partial charge < -0.3 is 9.64 Å². The van der Waals surface area contributed by atoms with Crippen molar-refractivity contribution in [3.05, 3.63) is 120 Å². The highest BCUT2D eigenvalue weighted by molar-refractivity contribution is 5.88. The molecule has 4 rings (SSSR count). The van der Waals surface area contributed by atoms with Crippen molar-refractivity contribution in [3.63, 3.8) is 0 Å². The monoisotopic (exact) mass is 433 g/mol. The molecule has 0 aromatic heterocycles. The van der Waals surface area contributed by atoms with Gasteiger partial charge in [-0.2, -0.15) is 0 Å². The van der Waals surface area contributed by atoms with Crippen molar-refractivity contribution in [2.45, 2.75) is 20.8 Å². The topological polar surface area (TPSA) is 29.5 Å². The molecular formula is C30H27NO2. The average Bonchev–Trinajstić information content (AvgIpc) is 2.80. The molecule has 0 saturated heterocycles. The first-order valence-electron chi connectivity index (χ1n) is 10.9. The molecule has 33 heavy (non-hydrogen) atoms. The molecule has 0 radical (unpaired) electrons. The zero-order valence-corrected chi connectivity index (χ0v) is 19.2. The van der Waals surface area contributed by atoms with Gasteiger partial charge in [0.2, 0.25) is 0 Å². The second-order valence-electron chi connectivity index (χ2n) is 8.25. The molecule has 0 fully saturated rings. The fourth-order valence-corrected chi connectivity index (χ4v) is 3.69. The summed E-state index contributed by atoms with van der Waals surface area (Å²) in [5.41, 5.74) is 8.28. The third kappa shape index (κ3) is 5.21. The number of esters is 1. The molecule has 3 nitrogen and oxygen atoms in total. The van der Waals surface area contributed by atoms with E-state index in [9.17, 15) is 4.79 Å². The summed E-state index contributed by atoms with van der Waals surface area (Å²) in [5.74, 6) is 0.0907. The van der Waals surface area contributed by atoms with Crippen LogP contribution in [-0.2, 0) is 4.79 Å². The van der Waals surface area contributed by atoms with E-state index >= 15 is 0 Å². The number of carbonyl (C=O) groups is 1. The second kappa shape index (κ2) is 9.58. The lowest BCUT2D eigenvalue weighted by Gasteiger charge is -2.26. The number of carbonyl (C=O) groups excluding carboxylic acids is 1. The van der Waals surface area contributed by atoms with Crippen molar-refractivity contribution in [2.24, 2.45) is 0 Å². The molecule has 0 aliphatic rings. The summed E-state index contributed by atoms with van der Waals surface area (Å²) >= 11 is 0. The minimum atomic E-state index is -0.417. The van der Waals surface area contributed by atoms with Gasteiger partial charge >= 0.3 is 5.97 Å². The number of hydrogen-bond donors (Lipinski definition) is 0. The van der Waals surface area contributed by atoms with Gasteiger partial charge in [0.05, 0.1) is 0 Å². The number of nitrogens with zero attached hydrogens (tertiary/aromatic N) is 1. The van der Waals surface area contributed by atoms with E-state index in [2.05, 4.69) is 98.1 Å². The zero-order chi connectivity index (χ0) is 23.4. The predicted octanol–water partition coefficient (Wildman–Crippen LogP) is 7.92. The molecule has 0 heterocycles. The lowest BCUT2D eigenvalue weighted by Crippen LogP contribution is -2.10. The van der Waals surface area contributed by atoms with Crippen LogP contribution < -0.4 is 9.64 Å². The fourth-order valence-electron chi connectivity index (χ4n) is 3.69. The van der Waals surface area contributed by atoms with Crippen LogP contribution in [0.25, 0.3) is 11.1 Å². The average molecular weight is 434 g/mol. The molecule has 0 spiro atoms. The Balaban J connectivity index is 1.64. The van der Waals surface area contributed by atoms with Crippen LogP contribution in [0.5, 0.6) is 5.75 Å². The molecule has 164 valence electrons. The molecule has 0 unspecified atom stereocenters. The van der Waals surface area contributed by atoms with Crippen molar-refractivity contribution < 1.29 is 9.53 Å². The van der Waals surface area contributed by atoms with Crippen molar-refractivity contribution in [1.82, 2.24) is 0 Å². The summed E-state index contributed by atoms with van der Waals surface area (Å²) in [4.78, 5) is 14.0. The number of anilines is 3.